The summed E-state index contributed by atoms with van der Waals surface area (Å²) in [6.07, 6.45) is -3.64. The quantitative estimate of drug-likeness (QED) is 0.619. The molecule has 1 heterocycles. The van der Waals surface area contributed by atoms with E-state index in [1.807, 2.05) is 6.92 Å². The predicted molar refractivity (Wildman–Crippen MR) is 60.6 cm³/mol. The molecule has 1 aromatic rings. The summed E-state index contributed by atoms with van der Waals surface area (Å²) in [5.74, 6) is 5.77. The third-order valence-electron chi connectivity index (χ3n) is 2.07. The van der Waals surface area contributed by atoms with E-state index < -0.39 is 12.7 Å². The van der Waals surface area contributed by atoms with Crippen molar-refractivity contribution < 1.29 is 13.2 Å². The molecule has 0 fully saturated rings. The third kappa shape index (κ3) is 4.48. The first-order chi connectivity index (χ1) is 7.96. The molecular formula is C10H15F3N4. The number of nitrogens with zero attached hydrogens (tertiary/aromatic N) is 2. The minimum Gasteiger partial charge on any atom is -0.347 e. The lowest BCUT2D eigenvalue weighted by molar-refractivity contribution is -0.119. The van der Waals surface area contributed by atoms with E-state index in [-0.39, 0.29) is 5.82 Å². The van der Waals surface area contributed by atoms with Crippen LogP contribution >= 0.6 is 0 Å². The van der Waals surface area contributed by atoms with Crippen LogP contribution in [0.5, 0.6) is 0 Å². The van der Waals surface area contributed by atoms with Gasteiger partial charge >= 0.3 is 6.18 Å². The van der Waals surface area contributed by atoms with Crippen molar-refractivity contribution in [3.05, 3.63) is 18.2 Å². The van der Waals surface area contributed by atoms with Crippen molar-refractivity contribution in [1.82, 2.24) is 4.98 Å². The highest BCUT2D eigenvalue weighted by molar-refractivity contribution is 5.46. The average Bonchev–Trinajstić information content (AvgIpc) is 2.27. The number of nitrogen functional groups attached to an aromatic ring is 1. The van der Waals surface area contributed by atoms with E-state index in [1.165, 1.54) is 11.0 Å². The van der Waals surface area contributed by atoms with E-state index in [2.05, 4.69) is 10.4 Å². The molecule has 96 valence electrons. The predicted octanol–water partition coefficient (Wildman–Crippen LogP) is 2.15. The van der Waals surface area contributed by atoms with Crippen LogP contribution in [0.1, 0.15) is 13.3 Å². The molecule has 1 aromatic heterocycles. The molecule has 0 atom stereocenters. The summed E-state index contributed by atoms with van der Waals surface area (Å²) < 4.78 is 37.2. The van der Waals surface area contributed by atoms with E-state index >= 15 is 0 Å². The molecule has 0 saturated carbocycles. The van der Waals surface area contributed by atoms with Gasteiger partial charge in [0.2, 0.25) is 0 Å². The fourth-order valence-electron chi connectivity index (χ4n) is 1.44. The van der Waals surface area contributed by atoms with Gasteiger partial charge in [-0.05, 0) is 18.6 Å². The summed E-state index contributed by atoms with van der Waals surface area (Å²) in [7, 11) is 0. The van der Waals surface area contributed by atoms with Crippen molar-refractivity contribution in [3.8, 4) is 0 Å². The van der Waals surface area contributed by atoms with Crippen LogP contribution in [0.3, 0.4) is 0 Å². The van der Waals surface area contributed by atoms with Gasteiger partial charge in [0, 0.05) is 6.54 Å². The molecule has 0 saturated heterocycles. The summed E-state index contributed by atoms with van der Waals surface area (Å²) in [5.41, 5.74) is 2.31. The second-order valence-corrected chi connectivity index (χ2v) is 3.56. The highest BCUT2D eigenvalue weighted by Gasteiger charge is 2.31. The van der Waals surface area contributed by atoms with Gasteiger partial charge in [-0.1, -0.05) is 13.0 Å². The van der Waals surface area contributed by atoms with E-state index in [9.17, 15) is 13.2 Å². The van der Waals surface area contributed by atoms with Gasteiger partial charge in [0.1, 0.15) is 18.2 Å². The Balaban J connectivity index is 2.88. The number of halogens is 3. The lowest BCUT2D eigenvalue weighted by atomic mass is 10.3. The van der Waals surface area contributed by atoms with Gasteiger partial charge in [0.25, 0.3) is 0 Å². The highest BCUT2D eigenvalue weighted by atomic mass is 19.4. The zero-order valence-electron chi connectivity index (χ0n) is 9.46. The molecule has 0 aliphatic heterocycles. The molecule has 4 nitrogen and oxygen atoms in total. The van der Waals surface area contributed by atoms with Gasteiger partial charge in [-0.3, -0.25) is 0 Å². The first kappa shape index (κ1) is 13.6. The topological polar surface area (TPSA) is 54.2 Å². The van der Waals surface area contributed by atoms with Crippen LogP contribution in [0.2, 0.25) is 0 Å². The molecule has 0 aliphatic carbocycles. The lowest BCUT2D eigenvalue weighted by Gasteiger charge is -2.24. The number of nitrogens with two attached hydrogens (primary N) is 1. The fraction of sp³-hybridized carbons (Fsp3) is 0.500. The average molecular weight is 248 g/mol. The number of rotatable bonds is 5. The Morgan fingerprint density at radius 1 is 1.41 bits per heavy atom. The number of nitrogens with one attached hydrogen (secondary N) is 1. The van der Waals surface area contributed by atoms with E-state index in [0.717, 1.165) is 0 Å². The van der Waals surface area contributed by atoms with Crippen molar-refractivity contribution in [2.75, 3.05) is 23.4 Å². The van der Waals surface area contributed by atoms with Crippen LogP contribution in [0.25, 0.3) is 0 Å². The molecule has 0 bridgehead atoms. The minimum absolute atomic E-state index is 0.264. The molecule has 0 aromatic carbocycles. The zero-order chi connectivity index (χ0) is 12.9. The Morgan fingerprint density at radius 2 is 2.12 bits per heavy atom. The molecule has 0 unspecified atom stereocenters. The van der Waals surface area contributed by atoms with Gasteiger partial charge in [-0.15, -0.1) is 0 Å². The Kier molecular flexibility index (Phi) is 4.56. The molecule has 17 heavy (non-hydrogen) atoms. The molecule has 3 N–H and O–H groups in total. The normalized spacial score (nSPS) is 11.4. The SMILES string of the molecule is CCCN(CC(F)(F)F)c1cccc(NN)n1. The molecule has 0 aliphatic rings. The summed E-state index contributed by atoms with van der Waals surface area (Å²) in [6, 6.07) is 4.72. The summed E-state index contributed by atoms with van der Waals surface area (Å²) >= 11 is 0. The molecule has 0 spiro atoms. The van der Waals surface area contributed by atoms with Crippen LogP contribution in [-0.2, 0) is 0 Å². The van der Waals surface area contributed by atoms with Crippen molar-refractivity contribution in [1.29, 1.82) is 0 Å². The van der Waals surface area contributed by atoms with Crippen molar-refractivity contribution >= 4 is 11.6 Å². The Hall–Kier alpha value is -1.50. The maximum Gasteiger partial charge on any atom is 0.405 e. The fourth-order valence-corrected chi connectivity index (χ4v) is 1.44. The summed E-state index contributed by atoms with van der Waals surface area (Å²) in [6.45, 7) is 1.09. The van der Waals surface area contributed by atoms with Crippen LogP contribution in [0, 0.1) is 0 Å². The summed E-state index contributed by atoms with van der Waals surface area (Å²) in [4.78, 5) is 5.17. The third-order valence-corrected chi connectivity index (χ3v) is 2.07. The molecule has 0 radical (unpaired) electrons. The molecule has 1 rings (SSSR count). The number of hydrogen-bond donors (Lipinski definition) is 2. The number of aromatic nitrogens is 1. The standard InChI is InChI=1S/C10H15F3N4/c1-2-6-17(7-10(11,12)13)9-5-3-4-8(15-9)16-14/h3-5H,2,6-7,14H2,1H3,(H,15,16). The number of hydrazine groups is 1. The Bertz CT molecular complexity index is 354. The van der Waals surface area contributed by atoms with Gasteiger partial charge in [0.15, 0.2) is 0 Å². The Labute approximate surface area is 97.6 Å². The Morgan fingerprint density at radius 3 is 2.65 bits per heavy atom. The van der Waals surface area contributed by atoms with Crippen molar-refractivity contribution in [2.45, 2.75) is 19.5 Å². The van der Waals surface area contributed by atoms with Gasteiger partial charge in [-0.2, -0.15) is 13.2 Å². The van der Waals surface area contributed by atoms with E-state index in [1.54, 1.807) is 12.1 Å². The number of pyridine rings is 1. The number of anilines is 2. The second kappa shape index (κ2) is 5.72. The van der Waals surface area contributed by atoms with Crippen LogP contribution in [0.4, 0.5) is 24.8 Å². The van der Waals surface area contributed by atoms with Crippen LogP contribution in [0.15, 0.2) is 18.2 Å². The second-order valence-electron chi connectivity index (χ2n) is 3.56. The maximum atomic E-state index is 12.4. The van der Waals surface area contributed by atoms with Gasteiger partial charge in [0.05, 0.1) is 0 Å². The van der Waals surface area contributed by atoms with Gasteiger partial charge < -0.3 is 10.3 Å². The van der Waals surface area contributed by atoms with Crippen LogP contribution in [-0.4, -0.2) is 24.2 Å². The van der Waals surface area contributed by atoms with E-state index in [0.29, 0.717) is 18.8 Å². The van der Waals surface area contributed by atoms with Crippen molar-refractivity contribution in [3.63, 3.8) is 0 Å². The molecule has 7 heteroatoms. The van der Waals surface area contributed by atoms with Gasteiger partial charge in [-0.25, -0.2) is 10.8 Å². The summed E-state index contributed by atoms with van der Waals surface area (Å²) in [5, 5.41) is 0. The minimum atomic E-state index is -4.25. The first-order valence-electron chi connectivity index (χ1n) is 5.21. The zero-order valence-corrected chi connectivity index (χ0v) is 9.46. The highest BCUT2D eigenvalue weighted by Crippen LogP contribution is 2.21. The van der Waals surface area contributed by atoms with Crippen LogP contribution < -0.4 is 16.2 Å². The van der Waals surface area contributed by atoms with E-state index in [4.69, 9.17) is 5.84 Å². The first-order valence-corrected chi connectivity index (χ1v) is 5.21. The number of alkyl halides is 3. The number of hydrogen-bond acceptors (Lipinski definition) is 4. The molecule has 0 amide bonds. The molecular weight excluding hydrogens is 233 g/mol. The van der Waals surface area contributed by atoms with Crippen molar-refractivity contribution in [2.24, 2.45) is 5.84 Å². The smallest absolute Gasteiger partial charge is 0.347 e. The maximum absolute atomic E-state index is 12.4. The monoisotopic (exact) mass is 248 g/mol. The lowest BCUT2D eigenvalue weighted by Crippen LogP contribution is -2.35. The largest absolute Gasteiger partial charge is 0.405 e.